The standard InChI is InChI=1S/C18H30O3/c1-3-14-18(17(20)21-4-2)15-12-10-8-6-5-7-9-11-13-16(18)19/h3H,1,4-15H2,2H3/t18-/m1/s1. The maximum absolute atomic E-state index is 12.7. The van der Waals surface area contributed by atoms with Crippen molar-refractivity contribution in [3.8, 4) is 0 Å². The van der Waals surface area contributed by atoms with Crippen LogP contribution >= 0.6 is 0 Å². The van der Waals surface area contributed by atoms with Crippen LogP contribution in [0, 0.1) is 5.41 Å². The molecule has 1 fully saturated rings. The lowest BCUT2D eigenvalue weighted by atomic mass is 9.74. The molecule has 0 unspecified atom stereocenters. The first-order valence-electron chi connectivity index (χ1n) is 8.49. The van der Waals surface area contributed by atoms with Crippen molar-refractivity contribution in [2.24, 2.45) is 5.41 Å². The predicted molar refractivity (Wildman–Crippen MR) is 85.1 cm³/mol. The van der Waals surface area contributed by atoms with Crippen LogP contribution in [0.15, 0.2) is 12.7 Å². The van der Waals surface area contributed by atoms with Gasteiger partial charge in [-0.1, -0.05) is 51.0 Å². The monoisotopic (exact) mass is 294 g/mol. The molecule has 1 rings (SSSR count). The topological polar surface area (TPSA) is 43.4 Å². The van der Waals surface area contributed by atoms with Gasteiger partial charge in [-0.05, 0) is 26.2 Å². The summed E-state index contributed by atoms with van der Waals surface area (Å²) < 4.78 is 5.22. The van der Waals surface area contributed by atoms with Crippen LogP contribution in [0.2, 0.25) is 0 Å². The molecule has 1 aliphatic carbocycles. The van der Waals surface area contributed by atoms with E-state index < -0.39 is 5.41 Å². The molecule has 3 heteroatoms. The third kappa shape index (κ3) is 5.29. The Balaban J connectivity index is 2.89. The number of hydrogen-bond acceptors (Lipinski definition) is 3. The number of Topliss-reactive ketones (excluding diaryl/α,β-unsaturated/α-hetero) is 1. The SMILES string of the molecule is C=CC[C@@]1(C(=O)OCC)CCCCCCCCCCC1=O. The molecule has 0 amide bonds. The zero-order valence-corrected chi connectivity index (χ0v) is 13.5. The molecule has 1 saturated carbocycles. The van der Waals surface area contributed by atoms with Gasteiger partial charge in [-0.15, -0.1) is 6.58 Å². The van der Waals surface area contributed by atoms with E-state index >= 15 is 0 Å². The lowest BCUT2D eigenvalue weighted by Crippen LogP contribution is -2.40. The number of allylic oxidation sites excluding steroid dienone is 1. The van der Waals surface area contributed by atoms with Gasteiger partial charge in [0, 0.05) is 6.42 Å². The molecule has 21 heavy (non-hydrogen) atoms. The van der Waals surface area contributed by atoms with Crippen molar-refractivity contribution in [2.75, 3.05) is 6.61 Å². The fraction of sp³-hybridized carbons (Fsp3) is 0.778. The second kappa shape index (κ2) is 9.75. The molecule has 0 bridgehead atoms. The molecule has 0 heterocycles. The smallest absolute Gasteiger partial charge is 0.319 e. The van der Waals surface area contributed by atoms with E-state index in [9.17, 15) is 9.59 Å². The summed E-state index contributed by atoms with van der Waals surface area (Å²) in [4.78, 5) is 25.2. The normalized spacial score (nSPS) is 25.5. The van der Waals surface area contributed by atoms with Crippen molar-refractivity contribution >= 4 is 11.8 Å². The summed E-state index contributed by atoms with van der Waals surface area (Å²) in [6.45, 7) is 5.86. The molecule has 0 aromatic heterocycles. The highest BCUT2D eigenvalue weighted by molar-refractivity contribution is 6.04. The maximum Gasteiger partial charge on any atom is 0.319 e. The molecular formula is C18H30O3. The average Bonchev–Trinajstić information content (AvgIpc) is 2.46. The molecule has 1 aliphatic rings. The van der Waals surface area contributed by atoms with Crippen molar-refractivity contribution in [1.82, 2.24) is 0 Å². The highest BCUT2D eigenvalue weighted by atomic mass is 16.5. The van der Waals surface area contributed by atoms with Crippen molar-refractivity contribution in [2.45, 2.75) is 77.6 Å². The fourth-order valence-electron chi connectivity index (χ4n) is 3.18. The summed E-state index contributed by atoms with van der Waals surface area (Å²) in [6, 6.07) is 0. The molecule has 0 aromatic carbocycles. The number of carbonyl (C=O) groups is 2. The van der Waals surface area contributed by atoms with E-state index in [4.69, 9.17) is 4.74 Å². The van der Waals surface area contributed by atoms with Crippen LogP contribution in [0.5, 0.6) is 0 Å². The van der Waals surface area contributed by atoms with Gasteiger partial charge in [-0.2, -0.15) is 0 Å². The largest absolute Gasteiger partial charge is 0.465 e. The summed E-state index contributed by atoms with van der Waals surface area (Å²) in [5.74, 6) is -0.284. The molecule has 3 nitrogen and oxygen atoms in total. The molecule has 0 aliphatic heterocycles. The van der Waals surface area contributed by atoms with Crippen LogP contribution in [0.25, 0.3) is 0 Å². The number of hydrogen-bond donors (Lipinski definition) is 0. The predicted octanol–water partition coefficient (Wildman–Crippen LogP) is 4.60. The van der Waals surface area contributed by atoms with E-state index in [-0.39, 0.29) is 11.8 Å². The minimum Gasteiger partial charge on any atom is -0.465 e. The molecule has 0 aromatic rings. The molecule has 0 radical (unpaired) electrons. The zero-order chi connectivity index (χ0) is 15.6. The Hall–Kier alpha value is -1.12. The Bertz CT molecular complexity index is 348. The van der Waals surface area contributed by atoms with Gasteiger partial charge >= 0.3 is 5.97 Å². The number of ether oxygens (including phenoxy) is 1. The molecule has 120 valence electrons. The first-order valence-corrected chi connectivity index (χ1v) is 8.49. The third-order valence-corrected chi connectivity index (χ3v) is 4.45. The van der Waals surface area contributed by atoms with Gasteiger partial charge in [0.15, 0.2) is 0 Å². The van der Waals surface area contributed by atoms with Gasteiger partial charge in [0.2, 0.25) is 0 Å². The van der Waals surface area contributed by atoms with E-state index in [1.165, 1.54) is 25.7 Å². The molecule has 0 saturated heterocycles. The maximum atomic E-state index is 12.7. The fourth-order valence-corrected chi connectivity index (χ4v) is 3.18. The molecule has 0 N–H and O–H groups in total. The van der Waals surface area contributed by atoms with Crippen molar-refractivity contribution < 1.29 is 14.3 Å². The Morgan fingerprint density at radius 3 is 2.29 bits per heavy atom. The summed E-state index contributed by atoms with van der Waals surface area (Å²) in [6.07, 6.45) is 12.1. The quantitative estimate of drug-likeness (QED) is 0.432. The zero-order valence-electron chi connectivity index (χ0n) is 13.5. The van der Waals surface area contributed by atoms with Crippen LogP contribution in [0.4, 0.5) is 0 Å². The number of esters is 1. The van der Waals surface area contributed by atoms with Crippen LogP contribution in [-0.4, -0.2) is 18.4 Å². The summed E-state index contributed by atoms with van der Waals surface area (Å²) in [7, 11) is 0. The van der Waals surface area contributed by atoms with Crippen LogP contribution in [-0.2, 0) is 14.3 Å². The highest BCUT2D eigenvalue weighted by Gasteiger charge is 2.44. The highest BCUT2D eigenvalue weighted by Crippen LogP contribution is 2.35. The minimum absolute atomic E-state index is 0.0569. The van der Waals surface area contributed by atoms with Gasteiger partial charge in [-0.3, -0.25) is 9.59 Å². The van der Waals surface area contributed by atoms with E-state index in [0.29, 0.717) is 25.9 Å². The van der Waals surface area contributed by atoms with E-state index in [2.05, 4.69) is 6.58 Å². The van der Waals surface area contributed by atoms with Crippen molar-refractivity contribution in [1.29, 1.82) is 0 Å². The first kappa shape index (κ1) is 17.9. The van der Waals surface area contributed by atoms with Gasteiger partial charge in [0.25, 0.3) is 0 Å². The van der Waals surface area contributed by atoms with Crippen molar-refractivity contribution in [3.63, 3.8) is 0 Å². The number of ketones is 1. The molecule has 0 spiro atoms. The van der Waals surface area contributed by atoms with Gasteiger partial charge in [0.1, 0.15) is 11.2 Å². The Kier molecular flexibility index (Phi) is 8.33. The van der Waals surface area contributed by atoms with Crippen LogP contribution in [0.1, 0.15) is 77.6 Å². The second-order valence-corrected chi connectivity index (χ2v) is 6.05. The molecular weight excluding hydrogens is 264 g/mol. The number of rotatable bonds is 4. The lowest BCUT2D eigenvalue weighted by Gasteiger charge is -2.29. The molecule has 1 atom stereocenters. The van der Waals surface area contributed by atoms with E-state index in [1.54, 1.807) is 13.0 Å². The Labute approximate surface area is 129 Å². The minimum atomic E-state index is -0.975. The van der Waals surface area contributed by atoms with E-state index in [1.807, 2.05) is 0 Å². The van der Waals surface area contributed by atoms with E-state index in [0.717, 1.165) is 25.7 Å². The lowest BCUT2D eigenvalue weighted by molar-refractivity contribution is -0.160. The summed E-state index contributed by atoms with van der Waals surface area (Å²) >= 11 is 0. The average molecular weight is 294 g/mol. The number of carbonyl (C=O) groups excluding carboxylic acids is 2. The summed E-state index contributed by atoms with van der Waals surface area (Å²) in [5, 5.41) is 0. The second-order valence-electron chi connectivity index (χ2n) is 6.05. The van der Waals surface area contributed by atoms with Crippen LogP contribution < -0.4 is 0 Å². The Morgan fingerprint density at radius 1 is 1.14 bits per heavy atom. The van der Waals surface area contributed by atoms with Crippen LogP contribution in [0.3, 0.4) is 0 Å². The third-order valence-electron chi connectivity index (χ3n) is 4.45. The van der Waals surface area contributed by atoms with Crippen molar-refractivity contribution in [3.05, 3.63) is 12.7 Å². The Morgan fingerprint density at radius 2 is 1.71 bits per heavy atom. The first-order chi connectivity index (χ1) is 10.2. The van der Waals surface area contributed by atoms with Gasteiger partial charge < -0.3 is 4.74 Å². The van der Waals surface area contributed by atoms with Gasteiger partial charge in [-0.25, -0.2) is 0 Å². The van der Waals surface area contributed by atoms with Gasteiger partial charge in [0.05, 0.1) is 6.61 Å². The summed E-state index contributed by atoms with van der Waals surface area (Å²) in [5.41, 5.74) is -0.975.